The summed E-state index contributed by atoms with van der Waals surface area (Å²) in [4.78, 5) is 3.54. The summed E-state index contributed by atoms with van der Waals surface area (Å²) in [7, 11) is 0. The first kappa shape index (κ1) is 20.2. The van der Waals surface area contributed by atoms with Gasteiger partial charge in [0.15, 0.2) is 0 Å². The molecule has 5 rings (SSSR count). The topological polar surface area (TPSA) is 35.2 Å². The van der Waals surface area contributed by atoms with Crippen LogP contribution in [0.15, 0.2) is 110 Å². The normalized spacial score (nSPS) is 12.4. The Bertz CT molecular complexity index is 1580. The van der Waals surface area contributed by atoms with Crippen LogP contribution in [-0.4, -0.2) is 10.7 Å². The zero-order valence-electron chi connectivity index (χ0n) is 23.5. The molecule has 34 heavy (non-hydrogen) atoms. The van der Waals surface area contributed by atoms with Crippen LogP contribution in [-0.2, 0) is 20.1 Å². The summed E-state index contributed by atoms with van der Waals surface area (Å²) in [6.07, 6.45) is 7.12. The molecule has 0 saturated heterocycles. The van der Waals surface area contributed by atoms with Crippen molar-refractivity contribution in [2.75, 3.05) is 0 Å². The van der Waals surface area contributed by atoms with Gasteiger partial charge < -0.3 is 5.41 Å². The van der Waals surface area contributed by atoms with E-state index in [1.165, 1.54) is 25.7 Å². The molecule has 0 aliphatic rings. The molecule has 0 unspecified atom stereocenters. The predicted octanol–water partition coefficient (Wildman–Crippen LogP) is 8.14. The van der Waals surface area contributed by atoms with Crippen molar-refractivity contribution in [3.8, 4) is 0 Å². The van der Waals surface area contributed by atoms with Crippen LogP contribution in [0.2, 0.25) is 0 Å². The number of rotatable bonds is 3. The molecule has 0 aliphatic carbocycles. The van der Waals surface area contributed by atoms with Crippen molar-refractivity contribution in [3.05, 3.63) is 144 Å². The molecule has 0 saturated carbocycles. The minimum absolute atomic E-state index is 0. The minimum atomic E-state index is -2.35. The zero-order chi connectivity index (χ0) is 27.7. The average molecular weight is 643 g/mol. The number of aromatic nitrogens is 1. The van der Waals surface area contributed by atoms with Crippen LogP contribution < -0.4 is 0 Å². The molecule has 0 atom stereocenters. The van der Waals surface area contributed by atoms with Gasteiger partial charge in [-0.2, -0.15) is 41.2 Å². The molecular formula is C30H25IrN2S. The molecule has 2 heterocycles. The second-order valence-corrected chi connectivity index (χ2v) is 7.87. The van der Waals surface area contributed by atoms with Gasteiger partial charge in [-0.3, -0.25) is 4.98 Å². The Hall–Kier alpha value is -3.17. The van der Waals surface area contributed by atoms with Gasteiger partial charge in [-0.25, -0.2) is 5.71 Å². The van der Waals surface area contributed by atoms with Gasteiger partial charge in [0.1, 0.15) is 0 Å². The van der Waals surface area contributed by atoms with Crippen LogP contribution in [0, 0.1) is 25.9 Å². The molecule has 0 radical (unpaired) electrons. The molecule has 0 aliphatic heterocycles. The van der Waals surface area contributed by atoms with Crippen LogP contribution in [0.25, 0.3) is 25.6 Å². The summed E-state index contributed by atoms with van der Waals surface area (Å²) in [6.45, 7) is 3.33. The average Bonchev–Trinajstić information content (AvgIpc) is 3.30. The third-order valence-corrected chi connectivity index (χ3v) is 5.78. The van der Waals surface area contributed by atoms with Gasteiger partial charge in [0.05, 0.1) is 2.74 Å². The van der Waals surface area contributed by atoms with Crippen molar-refractivity contribution < 1.29 is 27.0 Å². The van der Waals surface area contributed by atoms with E-state index in [-0.39, 0.29) is 43.5 Å². The first-order valence-electron chi connectivity index (χ1n) is 12.6. The number of allylic oxidation sites excluding steroid dienone is 3. The fourth-order valence-electron chi connectivity index (χ4n) is 2.92. The second kappa shape index (κ2) is 14.2. The first-order valence-corrected chi connectivity index (χ1v) is 11.0. The Balaban J connectivity index is 0.000000204. The molecule has 0 N–H and O–H groups in total. The summed E-state index contributed by atoms with van der Waals surface area (Å²) in [5.74, 6) is 0. The molecule has 170 valence electrons. The summed E-state index contributed by atoms with van der Waals surface area (Å²) in [6, 6.07) is 25.5. The number of aryl methyl sites for hydroxylation is 2. The fourth-order valence-corrected chi connectivity index (χ4v) is 4.07. The molecule has 0 bridgehead atoms. The number of pyridine rings is 1. The molecule has 3 aromatic carbocycles. The van der Waals surface area contributed by atoms with Gasteiger partial charge in [0.25, 0.3) is 0 Å². The Labute approximate surface area is 226 Å². The first-order chi connectivity index (χ1) is 18.1. The number of fused-ring (bicyclic) bond motifs is 3. The monoisotopic (exact) mass is 643 g/mol. The van der Waals surface area contributed by atoms with Gasteiger partial charge in [-0.05, 0) is 30.9 Å². The van der Waals surface area contributed by atoms with E-state index in [0.717, 1.165) is 12.4 Å². The van der Waals surface area contributed by atoms with Gasteiger partial charge in [0, 0.05) is 21.2 Å². The summed E-state index contributed by atoms with van der Waals surface area (Å²) >= 11 is 1.87. The van der Waals surface area contributed by atoms with Crippen molar-refractivity contribution in [1.29, 1.82) is 0 Å². The van der Waals surface area contributed by atoms with Crippen LogP contribution in [0.4, 0.5) is 0 Å². The fraction of sp³-hybridized carbons (Fsp3) is 0.0667. The standard InChI is InChI=1S/C13H9S.C11H9N.C6H7N.Ir/c1-9-5-4-7-11-10-6-2-3-8-12(10)14-13(9)11;1-2-3-9-11(12)10-7-5-4-6-8-10;1-6-3-2-4-7-5-6;/h3-8H,1H3;2-7,9H,1H2;2-5H,1H3;/q-1;-2;;+3/b;9-3-;;/i;;1D3,2D,3D;. The van der Waals surface area contributed by atoms with Crippen LogP contribution in [0.5, 0.6) is 0 Å². The Morgan fingerprint density at radius 2 is 2.06 bits per heavy atom. The number of hydrogen-bond acceptors (Lipinski definition) is 2. The van der Waals surface area contributed by atoms with E-state index in [2.05, 4.69) is 61.0 Å². The van der Waals surface area contributed by atoms with Gasteiger partial charge in [-0.1, -0.05) is 53.1 Å². The van der Waals surface area contributed by atoms with Gasteiger partial charge in [0.2, 0.25) is 0 Å². The third kappa shape index (κ3) is 7.71. The molecule has 0 fully saturated rings. The second-order valence-electron chi connectivity index (χ2n) is 6.82. The smallest absolute Gasteiger partial charge is 0.855 e. The maximum Gasteiger partial charge on any atom is 3.00 e. The number of benzene rings is 3. The van der Waals surface area contributed by atoms with E-state index >= 15 is 0 Å². The van der Waals surface area contributed by atoms with Gasteiger partial charge >= 0.3 is 20.1 Å². The molecule has 2 aromatic heterocycles. The van der Waals surface area contributed by atoms with E-state index in [1.54, 1.807) is 30.4 Å². The maximum atomic E-state index is 9.40. The molecule has 2 nitrogen and oxygen atoms in total. The van der Waals surface area contributed by atoms with Crippen molar-refractivity contribution in [3.63, 3.8) is 0 Å². The Morgan fingerprint density at radius 1 is 1.18 bits per heavy atom. The van der Waals surface area contributed by atoms with Crippen molar-refractivity contribution >= 4 is 37.2 Å². The van der Waals surface area contributed by atoms with E-state index in [4.69, 9.17) is 6.85 Å². The van der Waals surface area contributed by atoms with Crippen molar-refractivity contribution in [2.24, 2.45) is 0 Å². The maximum absolute atomic E-state index is 9.40. The van der Waals surface area contributed by atoms with Crippen LogP contribution >= 0.6 is 11.3 Å². The SMILES string of the molecule is C=C/C=C\C(=[N-])c1[c-]cccc1.Cc1cccc2c1sc1cc[c-]cc12.[2H]c1cncc(C([2H])([2H])[2H])c1[2H].[Ir+3]. The quantitative estimate of drug-likeness (QED) is 0.111. The summed E-state index contributed by atoms with van der Waals surface area (Å²) in [5.41, 5.74) is 2.09. The van der Waals surface area contributed by atoms with Crippen LogP contribution in [0.3, 0.4) is 0 Å². The minimum Gasteiger partial charge on any atom is -0.855 e. The third-order valence-electron chi connectivity index (χ3n) is 4.46. The Kier molecular flexibility index (Phi) is 8.43. The summed E-state index contributed by atoms with van der Waals surface area (Å²) < 4.78 is 38.2. The van der Waals surface area contributed by atoms with Gasteiger partial charge in [-0.15, -0.1) is 41.8 Å². The number of nitrogens with zero attached hydrogens (tertiary/aromatic N) is 2. The molecular weight excluding hydrogens is 613 g/mol. The zero-order valence-corrected chi connectivity index (χ0v) is 21.7. The largest absolute Gasteiger partial charge is 3.00 e. The van der Waals surface area contributed by atoms with Crippen molar-refractivity contribution in [1.82, 2.24) is 4.98 Å². The Morgan fingerprint density at radius 3 is 2.79 bits per heavy atom. The molecule has 4 heteroatoms. The molecule has 0 spiro atoms. The van der Waals surface area contributed by atoms with E-state index in [0.29, 0.717) is 5.56 Å². The van der Waals surface area contributed by atoms with E-state index in [1.807, 2.05) is 29.5 Å². The van der Waals surface area contributed by atoms with Crippen LogP contribution in [0.1, 0.15) is 23.5 Å². The number of thiophene rings is 1. The van der Waals surface area contributed by atoms with E-state index < -0.39 is 6.85 Å². The molecule has 0 amide bonds. The number of hydrogen-bond donors (Lipinski definition) is 0. The molecule has 5 aromatic rings. The summed E-state index contributed by atoms with van der Waals surface area (Å²) in [5, 5.41) is 12.1. The van der Waals surface area contributed by atoms with Crippen molar-refractivity contribution in [2.45, 2.75) is 13.8 Å². The predicted molar refractivity (Wildman–Crippen MR) is 144 cm³/mol. The van der Waals surface area contributed by atoms with E-state index in [9.17, 15) is 5.41 Å².